The van der Waals surface area contributed by atoms with Crippen LogP contribution in [-0.2, 0) is 4.74 Å². The van der Waals surface area contributed by atoms with E-state index in [1.165, 1.54) is 19.3 Å². The monoisotopic (exact) mass is 569 g/mol. The fourth-order valence-electron chi connectivity index (χ4n) is 6.06. The smallest absolute Gasteiger partial charge is 0.410 e. The van der Waals surface area contributed by atoms with Crippen LogP contribution in [0.25, 0.3) is 0 Å². The zero-order valence-corrected chi connectivity index (χ0v) is 24.5. The summed E-state index contributed by atoms with van der Waals surface area (Å²) in [7, 11) is 0. The third kappa shape index (κ3) is 6.63. The number of nitrogens with zero attached hydrogens (tertiary/aromatic N) is 1. The van der Waals surface area contributed by atoms with Gasteiger partial charge in [-0.3, -0.25) is 9.59 Å². The molecule has 3 heterocycles. The fraction of sp³-hybridized carbons (Fsp3) is 0.531. The van der Waals surface area contributed by atoms with Gasteiger partial charge in [0.25, 0.3) is 0 Å². The number of benzene rings is 2. The molecule has 4 aliphatic rings. The number of amides is 1. The van der Waals surface area contributed by atoms with E-state index in [-0.39, 0.29) is 35.7 Å². The van der Waals surface area contributed by atoms with Crippen LogP contribution >= 0.6 is 12.4 Å². The first-order valence-electron chi connectivity index (χ1n) is 14.2. The number of halogens is 1. The Morgan fingerprint density at radius 2 is 1.20 bits per heavy atom. The highest BCUT2D eigenvalue weighted by Gasteiger charge is 2.44. The summed E-state index contributed by atoms with van der Waals surface area (Å²) < 4.78 is 17.7. The molecule has 1 saturated heterocycles. The molecular formula is C32H40ClNO6. The second-order valence-electron chi connectivity index (χ2n) is 12.3. The highest BCUT2D eigenvalue weighted by molar-refractivity contribution is 6.01. The summed E-state index contributed by atoms with van der Waals surface area (Å²) in [6.07, 6.45) is 7.68. The van der Waals surface area contributed by atoms with Gasteiger partial charge in [-0.15, -0.1) is 12.4 Å². The van der Waals surface area contributed by atoms with Gasteiger partial charge in [-0.2, -0.15) is 0 Å². The molecule has 7 nitrogen and oxygen atoms in total. The van der Waals surface area contributed by atoms with Crippen LogP contribution < -0.4 is 9.47 Å². The number of likely N-dealkylation sites (tertiary alicyclic amines) is 1. The number of piperidine rings is 1. The van der Waals surface area contributed by atoms with Gasteiger partial charge in [0.15, 0.2) is 11.6 Å². The van der Waals surface area contributed by atoms with Crippen molar-refractivity contribution in [3.05, 3.63) is 59.7 Å². The van der Waals surface area contributed by atoms with Gasteiger partial charge in [0.2, 0.25) is 0 Å². The van der Waals surface area contributed by atoms with Gasteiger partial charge in [-0.25, -0.2) is 4.79 Å². The molecule has 0 radical (unpaired) electrons. The minimum absolute atomic E-state index is 0. The third-order valence-corrected chi connectivity index (χ3v) is 8.08. The lowest BCUT2D eigenvalue weighted by molar-refractivity contribution is -0.0226. The summed E-state index contributed by atoms with van der Waals surface area (Å²) in [6, 6.07) is 15.0. The summed E-state index contributed by atoms with van der Waals surface area (Å²) >= 11 is 0. The number of carbonyl (C=O) groups excluding carboxylic acids is 3. The van der Waals surface area contributed by atoms with E-state index in [4.69, 9.17) is 14.2 Å². The zero-order chi connectivity index (χ0) is 27.7. The highest BCUT2D eigenvalue weighted by atomic mass is 35.5. The van der Waals surface area contributed by atoms with Crippen molar-refractivity contribution in [2.24, 2.45) is 0 Å². The van der Waals surface area contributed by atoms with Crippen molar-refractivity contribution in [3.63, 3.8) is 0 Å². The first-order valence-corrected chi connectivity index (χ1v) is 14.2. The Labute approximate surface area is 243 Å². The fourth-order valence-corrected chi connectivity index (χ4v) is 6.06. The number of ether oxygens (including phenoxy) is 3. The molecule has 1 amide bonds. The number of rotatable bonds is 0. The average molecular weight is 570 g/mol. The summed E-state index contributed by atoms with van der Waals surface area (Å²) in [4.78, 5) is 38.3. The first kappa shape index (κ1) is 29.9. The molecule has 1 aliphatic carbocycles. The van der Waals surface area contributed by atoms with Gasteiger partial charge >= 0.3 is 6.09 Å². The van der Waals surface area contributed by atoms with E-state index in [1.807, 2.05) is 63.2 Å². The van der Waals surface area contributed by atoms with Crippen molar-refractivity contribution in [2.75, 3.05) is 13.1 Å². The normalized spacial score (nSPS) is 20.5. The maximum atomic E-state index is 12.4. The Morgan fingerprint density at radius 1 is 0.750 bits per heavy atom. The second kappa shape index (κ2) is 11.8. The summed E-state index contributed by atoms with van der Waals surface area (Å²) in [5, 5.41) is 0. The van der Waals surface area contributed by atoms with Crippen molar-refractivity contribution >= 4 is 30.1 Å². The minimum atomic E-state index is -0.498. The molecule has 3 aliphatic heterocycles. The second-order valence-corrected chi connectivity index (χ2v) is 12.3. The van der Waals surface area contributed by atoms with E-state index in [9.17, 15) is 14.4 Å². The predicted octanol–water partition coefficient (Wildman–Crippen LogP) is 7.20. The SMILES string of the molecule is CC(C)(C)OC(=O)N1CCC2(CC1)CC(=O)c1ccccc1O2.Cl.O=C1CC2(CCCCC2)Oc2ccccc21. The standard InChI is InChI=1S/C18H23NO4.C14H16O2.ClH/c1-17(2,3)23-16(21)19-10-8-18(9-11-19)12-14(20)13-6-4-5-7-15(13)22-18;15-12-10-14(8-4-1-5-9-14)16-13-7-3-2-6-11(12)13;/h4-7H,8-12H2,1-3H3;2-3,6-7H,1,4-5,8-10H2;1H. The van der Waals surface area contributed by atoms with E-state index >= 15 is 0 Å². The van der Waals surface area contributed by atoms with E-state index in [0.717, 1.165) is 24.2 Å². The number of hydrogen-bond donors (Lipinski definition) is 0. The molecule has 0 atom stereocenters. The molecule has 216 valence electrons. The molecule has 0 N–H and O–H groups in total. The molecule has 8 heteroatoms. The molecule has 1 saturated carbocycles. The number of para-hydroxylation sites is 2. The number of hydrogen-bond acceptors (Lipinski definition) is 6. The largest absolute Gasteiger partial charge is 0.486 e. The average Bonchev–Trinajstić information content (AvgIpc) is 2.89. The Bertz CT molecular complexity index is 1240. The molecule has 2 aromatic rings. The molecule has 6 rings (SSSR count). The molecule has 2 fully saturated rings. The van der Waals surface area contributed by atoms with Crippen LogP contribution in [0.15, 0.2) is 48.5 Å². The van der Waals surface area contributed by atoms with Gasteiger partial charge in [-0.05, 0) is 70.7 Å². The lowest BCUT2D eigenvalue weighted by Gasteiger charge is -2.43. The van der Waals surface area contributed by atoms with Crippen molar-refractivity contribution in [1.29, 1.82) is 0 Å². The van der Waals surface area contributed by atoms with Gasteiger partial charge in [0, 0.05) is 25.9 Å². The molecule has 40 heavy (non-hydrogen) atoms. The Morgan fingerprint density at radius 3 is 1.68 bits per heavy atom. The maximum absolute atomic E-state index is 12.4. The van der Waals surface area contributed by atoms with Gasteiger partial charge < -0.3 is 19.1 Å². The number of ketones is 2. The Kier molecular flexibility index (Phi) is 8.83. The molecule has 2 aromatic carbocycles. The van der Waals surface area contributed by atoms with E-state index in [1.54, 1.807) is 11.0 Å². The quantitative estimate of drug-likeness (QED) is 0.334. The van der Waals surface area contributed by atoms with E-state index in [0.29, 0.717) is 50.1 Å². The van der Waals surface area contributed by atoms with E-state index in [2.05, 4.69) is 0 Å². The topological polar surface area (TPSA) is 82.1 Å². The van der Waals surface area contributed by atoms with Crippen LogP contribution in [0.3, 0.4) is 0 Å². The molecule has 0 bridgehead atoms. The Balaban J connectivity index is 0.000000191. The van der Waals surface area contributed by atoms with Crippen LogP contribution in [-0.4, -0.2) is 52.5 Å². The third-order valence-electron chi connectivity index (χ3n) is 8.08. The number of Topliss-reactive ketones (excluding diaryl/α,β-unsaturated/α-hetero) is 2. The molecular weight excluding hydrogens is 530 g/mol. The van der Waals surface area contributed by atoms with Crippen LogP contribution in [0.5, 0.6) is 11.5 Å². The predicted molar refractivity (Wildman–Crippen MR) is 155 cm³/mol. The molecule has 0 unspecified atom stereocenters. The summed E-state index contributed by atoms with van der Waals surface area (Å²) in [5.74, 6) is 1.83. The van der Waals surface area contributed by atoms with Crippen molar-refractivity contribution in [1.82, 2.24) is 4.90 Å². The van der Waals surface area contributed by atoms with Crippen LogP contribution in [0.2, 0.25) is 0 Å². The van der Waals surface area contributed by atoms with Crippen molar-refractivity contribution < 1.29 is 28.6 Å². The molecule has 2 spiro atoms. The first-order chi connectivity index (χ1) is 18.6. The highest BCUT2D eigenvalue weighted by Crippen LogP contribution is 2.42. The maximum Gasteiger partial charge on any atom is 0.410 e. The van der Waals surface area contributed by atoms with Crippen LogP contribution in [0.4, 0.5) is 4.79 Å². The number of carbonyl (C=O) groups is 3. The van der Waals surface area contributed by atoms with Crippen LogP contribution in [0.1, 0.15) is 99.3 Å². The lowest BCUT2D eigenvalue weighted by Crippen LogP contribution is -2.52. The van der Waals surface area contributed by atoms with E-state index < -0.39 is 11.2 Å². The van der Waals surface area contributed by atoms with Crippen molar-refractivity contribution in [2.45, 2.75) is 95.4 Å². The van der Waals surface area contributed by atoms with Gasteiger partial charge in [-0.1, -0.05) is 30.7 Å². The number of fused-ring (bicyclic) bond motifs is 2. The van der Waals surface area contributed by atoms with Crippen LogP contribution in [0, 0.1) is 0 Å². The zero-order valence-electron chi connectivity index (χ0n) is 23.7. The van der Waals surface area contributed by atoms with Crippen molar-refractivity contribution in [3.8, 4) is 11.5 Å². The Hall–Kier alpha value is -3.06. The molecule has 0 aromatic heterocycles. The van der Waals surface area contributed by atoms with Gasteiger partial charge in [0.05, 0.1) is 24.0 Å². The minimum Gasteiger partial charge on any atom is -0.486 e. The summed E-state index contributed by atoms with van der Waals surface area (Å²) in [6.45, 7) is 6.66. The lowest BCUT2D eigenvalue weighted by atomic mass is 9.78. The van der Waals surface area contributed by atoms with Gasteiger partial charge in [0.1, 0.15) is 28.3 Å². The summed E-state index contributed by atoms with van der Waals surface area (Å²) in [5.41, 5.74) is 0.266.